The Kier molecular flexibility index (Phi) is 5.13. The summed E-state index contributed by atoms with van der Waals surface area (Å²) in [6.45, 7) is 1.97. The predicted molar refractivity (Wildman–Crippen MR) is 111 cm³/mol. The summed E-state index contributed by atoms with van der Waals surface area (Å²) in [6.07, 6.45) is 0. The quantitative estimate of drug-likeness (QED) is 0.401. The zero-order valence-electron chi connectivity index (χ0n) is 14.9. The molecule has 0 radical (unpaired) electrons. The van der Waals surface area contributed by atoms with E-state index in [1.54, 1.807) is 23.4 Å². The molecule has 0 saturated carbocycles. The van der Waals surface area contributed by atoms with Crippen LogP contribution in [0.2, 0.25) is 0 Å². The Balaban J connectivity index is 1.65. The summed E-state index contributed by atoms with van der Waals surface area (Å²) in [5.74, 6) is 2.24. The molecule has 4 rings (SSSR count). The zero-order chi connectivity index (χ0) is 18.8. The van der Waals surface area contributed by atoms with Crippen molar-refractivity contribution < 1.29 is 4.74 Å². The maximum Gasteiger partial charge on any atom is 0.253 e. The second-order valence-corrected chi connectivity index (χ2v) is 7.89. The third kappa shape index (κ3) is 3.99. The lowest BCUT2D eigenvalue weighted by atomic mass is 10.1. The second kappa shape index (κ2) is 7.70. The van der Waals surface area contributed by atoms with Gasteiger partial charge in [0, 0.05) is 21.5 Å². The highest BCUT2D eigenvalue weighted by molar-refractivity contribution is 9.10. The summed E-state index contributed by atoms with van der Waals surface area (Å²) in [7, 11) is 1.66. The van der Waals surface area contributed by atoms with Gasteiger partial charge < -0.3 is 4.74 Å². The average Bonchev–Trinajstić information content (AvgIpc) is 3.09. The minimum atomic E-state index is 0.610. The number of methoxy groups -OCH3 is 1. The van der Waals surface area contributed by atoms with E-state index >= 15 is 0 Å². The van der Waals surface area contributed by atoms with Crippen LogP contribution >= 0.6 is 27.7 Å². The molecule has 0 aliphatic heterocycles. The van der Waals surface area contributed by atoms with Gasteiger partial charge in [0.1, 0.15) is 5.75 Å². The Bertz CT molecular complexity index is 1080. The first-order valence-corrected chi connectivity index (χ1v) is 10.2. The number of ether oxygens (including phenoxy) is 1. The highest BCUT2D eigenvalue weighted by Crippen LogP contribution is 2.26. The van der Waals surface area contributed by atoms with Crippen LogP contribution in [0.5, 0.6) is 5.75 Å². The van der Waals surface area contributed by atoms with Crippen molar-refractivity contribution in [2.75, 3.05) is 7.11 Å². The van der Waals surface area contributed by atoms with E-state index in [0.717, 1.165) is 32.9 Å². The highest BCUT2D eigenvalue weighted by atomic mass is 79.9. The first-order valence-electron chi connectivity index (χ1n) is 8.38. The molecule has 0 N–H and O–H groups in total. The normalized spacial score (nSPS) is 11.1. The Hall–Kier alpha value is -2.38. The van der Waals surface area contributed by atoms with Crippen molar-refractivity contribution >= 4 is 33.5 Å². The zero-order valence-corrected chi connectivity index (χ0v) is 17.3. The van der Waals surface area contributed by atoms with Crippen LogP contribution in [-0.4, -0.2) is 26.7 Å². The van der Waals surface area contributed by atoms with Gasteiger partial charge in [0.05, 0.1) is 12.8 Å². The first-order chi connectivity index (χ1) is 13.1. The predicted octanol–water partition coefficient (Wildman–Crippen LogP) is 5.16. The molecule has 4 aromatic rings. The Morgan fingerprint density at radius 1 is 1.04 bits per heavy atom. The van der Waals surface area contributed by atoms with Gasteiger partial charge in [0.25, 0.3) is 5.78 Å². The van der Waals surface area contributed by atoms with Crippen molar-refractivity contribution in [3.8, 4) is 17.0 Å². The number of rotatable bonds is 5. The molecule has 2 aromatic carbocycles. The van der Waals surface area contributed by atoms with Gasteiger partial charge in [0.2, 0.25) is 5.16 Å². The van der Waals surface area contributed by atoms with Crippen molar-refractivity contribution in [2.24, 2.45) is 0 Å². The van der Waals surface area contributed by atoms with E-state index in [0.29, 0.717) is 10.9 Å². The van der Waals surface area contributed by atoms with Gasteiger partial charge in [0.15, 0.2) is 0 Å². The van der Waals surface area contributed by atoms with Gasteiger partial charge in [-0.3, -0.25) is 0 Å². The molecule has 0 fully saturated rings. The summed E-state index contributed by atoms with van der Waals surface area (Å²) in [6, 6.07) is 18.2. The van der Waals surface area contributed by atoms with Crippen molar-refractivity contribution in [2.45, 2.75) is 17.8 Å². The number of thioether (sulfide) groups is 1. The summed E-state index contributed by atoms with van der Waals surface area (Å²) in [5.41, 5.74) is 4.13. The molecule has 0 bridgehead atoms. The maximum atomic E-state index is 5.25. The molecule has 2 aromatic heterocycles. The van der Waals surface area contributed by atoms with Crippen molar-refractivity contribution in [3.05, 3.63) is 70.3 Å². The molecule has 7 heteroatoms. The van der Waals surface area contributed by atoms with E-state index in [1.165, 1.54) is 5.56 Å². The van der Waals surface area contributed by atoms with Gasteiger partial charge in [-0.15, -0.1) is 5.10 Å². The fraction of sp³-hybridized carbons (Fsp3) is 0.150. The molecular weight excluding hydrogens is 424 g/mol. The number of hydrogen-bond acceptors (Lipinski definition) is 5. The number of benzene rings is 2. The molecule has 0 aliphatic rings. The van der Waals surface area contributed by atoms with Crippen LogP contribution in [0.1, 0.15) is 11.3 Å². The number of halogens is 1. The molecule has 0 unspecified atom stereocenters. The lowest BCUT2D eigenvalue weighted by Crippen LogP contribution is -1.98. The molecule has 0 spiro atoms. The van der Waals surface area contributed by atoms with Crippen LogP contribution in [0.25, 0.3) is 17.0 Å². The Labute approximate surface area is 169 Å². The van der Waals surface area contributed by atoms with Crippen molar-refractivity contribution in [3.63, 3.8) is 0 Å². The van der Waals surface area contributed by atoms with Crippen LogP contribution in [-0.2, 0) is 5.75 Å². The lowest BCUT2D eigenvalue weighted by molar-refractivity contribution is 0.415. The molecule has 27 heavy (non-hydrogen) atoms. The molecule has 2 heterocycles. The van der Waals surface area contributed by atoms with E-state index in [-0.39, 0.29) is 0 Å². The summed E-state index contributed by atoms with van der Waals surface area (Å²) >= 11 is 5.06. The fourth-order valence-corrected chi connectivity index (χ4v) is 3.76. The number of fused-ring (bicyclic) bond motifs is 1. The van der Waals surface area contributed by atoms with Crippen LogP contribution in [0.4, 0.5) is 0 Å². The minimum absolute atomic E-state index is 0.610. The third-order valence-electron chi connectivity index (χ3n) is 4.09. The smallest absolute Gasteiger partial charge is 0.253 e. The van der Waals surface area contributed by atoms with E-state index in [2.05, 4.69) is 43.1 Å². The molecule has 0 amide bonds. The van der Waals surface area contributed by atoms with E-state index < -0.39 is 0 Å². The topological polar surface area (TPSA) is 52.3 Å². The van der Waals surface area contributed by atoms with Crippen LogP contribution in [0.15, 0.2) is 64.2 Å². The van der Waals surface area contributed by atoms with Crippen LogP contribution in [0, 0.1) is 6.92 Å². The van der Waals surface area contributed by atoms with E-state index in [9.17, 15) is 0 Å². The summed E-state index contributed by atoms with van der Waals surface area (Å²) in [4.78, 5) is 9.12. The van der Waals surface area contributed by atoms with E-state index in [1.807, 2.05) is 49.4 Å². The SMILES string of the molecule is COc1ccc(-c2cc(C)nc3nc(SCc4ccc(Br)cc4)nn23)cc1. The molecule has 0 saturated heterocycles. The van der Waals surface area contributed by atoms with Gasteiger partial charge >= 0.3 is 0 Å². The van der Waals surface area contributed by atoms with Gasteiger partial charge in [-0.05, 0) is 55.0 Å². The highest BCUT2D eigenvalue weighted by Gasteiger charge is 2.12. The maximum absolute atomic E-state index is 5.25. The average molecular weight is 441 g/mol. The number of aryl methyl sites for hydroxylation is 1. The summed E-state index contributed by atoms with van der Waals surface area (Å²) in [5, 5.41) is 5.38. The Morgan fingerprint density at radius 2 is 1.78 bits per heavy atom. The molecular formula is C20H17BrN4OS. The van der Waals surface area contributed by atoms with Crippen LogP contribution < -0.4 is 4.74 Å². The molecule has 0 atom stereocenters. The minimum Gasteiger partial charge on any atom is -0.497 e. The Morgan fingerprint density at radius 3 is 2.48 bits per heavy atom. The third-order valence-corrected chi connectivity index (χ3v) is 5.53. The monoisotopic (exact) mass is 440 g/mol. The lowest BCUT2D eigenvalue weighted by Gasteiger charge is -2.06. The van der Waals surface area contributed by atoms with Crippen molar-refractivity contribution in [1.82, 2.24) is 19.6 Å². The molecule has 0 aliphatic carbocycles. The molecule has 5 nitrogen and oxygen atoms in total. The second-order valence-electron chi connectivity index (χ2n) is 6.03. The van der Waals surface area contributed by atoms with E-state index in [4.69, 9.17) is 4.74 Å². The van der Waals surface area contributed by atoms with Crippen molar-refractivity contribution in [1.29, 1.82) is 0 Å². The fourth-order valence-electron chi connectivity index (χ4n) is 2.73. The first kappa shape index (κ1) is 18.0. The van der Waals surface area contributed by atoms with Gasteiger partial charge in [-0.2, -0.15) is 9.50 Å². The molecule has 136 valence electrons. The standard InChI is InChI=1S/C20H17BrN4OS/c1-13-11-18(15-5-9-17(26-2)10-6-15)25-19(22-13)23-20(24-25)27-12-14-3-7-16(21)8-4-14/h3-11H,12H2,1-2H3. The van der Waals surface area contributed by atoms with Crippen LogP contribution in [0.3, 0.4) is 0 Å². The number of nitrogens with zero attached hydrogens (tertiary/aromatic N) is 4. The van der Waals surface area contributed by atoms with Gasteiger partial charge in [-0.1, -0.05) is 39.8 Å². The summed E-state index contributed by atoms with van der Waals surface area (Å²) < 4.78 is 8.13. The van der Waals surface area contributed by atoms with Gasteiger partial charge in [-0.25, -0.2) is 4.98 Å². The number of hydrogen-bond donors (Lipinski definition) is 0. The largest absolute Gasteiger partial charge is 0.497 e. The number of aromatic nitrogens is 4.